The molecule has 0 saturated carbocycles. The van der Waals surface area contributed by atoms with Crippen molar-refractivity contribution in [3.63, 3.8) is 0 Å². The molecule has 0 aliphatic carbocycles. The Kier molecular flexibility index (Phi) is 2.81. The number of benzene rings is 1. The van der Waals surface area contributed by atoms with Crippen LogP contribution >= 0.6 is 22.6 Å². The summed E-state index contributed by atoms with van der Waals surface area (Å²) in [5.41, 5.74) is 0.682. The van der Waals surface area contributed by atoms with Gasteiger partial charge >= 0.3 is 0 Å². The number of rotatable bonds is 2. The molecule has 0 N–H and O–H groups in total. The number of imidazole rings is 1. The molecule has 2 aromatic rings. The van der Waals surface area contributed by atoms with Gasteiger partial charge in [0.1, 0.15) is 9.52 Å². The number of hydrogen-bond acceptors (Lipinski definition) is 1. The van der Waals surface area contributed by atoms with Crippen molar-refractivity contribution in [1.82, 2.24) is 9.55 Å². The second-order valence-electron chi connectivity index (χ2n) is 2.96. The first-order valence-electron chi connectivity index (χ1n) is 4.16. The number of nitrogens with zero attached hydrogens (tertiary/aromatic N) is 2. The van der Waals surface area contributed by atoms with Crippen LogP contribution in [-0.2, 0) is 6.54 Å². The molecular formula is C10H8FIN2. The van der Waals surface area contributed by atoms with Crippen molar-refractivity contribution in [3.8, 4) is 0 Å². The van der Waals surface area contributed by atoms with E-state index < -0.39 is 0 Å². The van der Waals surface area contributed by atoms with Crippen molar-refractivity contribution in [2.24, 2.45) is 0 Å². The third-order valence-corrected chi connectivity index (χ3v) is 2.47. The lowest BCUT2D eigenvalue weighted by atomic mass is 10.2. The van der Waals surface area contributed by atoms with Gasteiger partial charge in [0.25, 0.3) is 0 Å². The van der Waals surface area contributed by atoms with Gasteiger partial charge in [0.05, 0.1) is 12.9 Å². The van der Waals surface area contributed by atoms with Crippen molar-refractivity contribution >= 4 is 22.6 Å². The van der Waals surface area contributed by atoms with Crippen LogP contribution in [0.1, 0.15) is 5.56 Å². The van der Waals surface area contributed by atoms with E-state index in [0.717, 1.165) is 3.70 Å². The van der Waals surface area contributed by atoms with Gasteiger partial charge in [-0.25, -0.2) is 9.37 Å². The average molecular weight is 302 g/mol. The minimum Gasteiger partial charge on any atom is -0.332 e. The van der Waals surface area contributed by atoms with E-state index in [-0.39, 0.29) is 5.82 Å². The van der Waals surface area contributed by atoms with Gasteiger partial charge in [0, 0.05) is 11.8 Å². The van der Waals surface area contributed by atoms with E-state index in [1.54, 1.807) is 18.5 Å². The second kappa shape index (κ2) is 4.08. The minimum atomic E-state index is -0.170. The van der Waals surface area contributed by atoms with Crippen LogP contribution in [-0.4, -0.2) is 9.55 Å². The first-order chi connectivity index (χ1) is 6.75. The molecule has 1 heterocycles. The maximum atomic E-state index is 13.2. The van der Waals surface area contributed by atoms with E-state index in [4.69, 9.17) is 0 Å². The monoisotopic (exact) mass is 302 g/mol. The van der Waals surface area contributed by atoms with Crippen LogP contribution in [0.2, 0.25) is 0 Å². The van der Waals surface area contributed by atoms with Crippen molar-refractivity contribution in [2.75, 3.05) is 0 Å². The SMILES string of the molecule is Fc1ccccc1Cn1cnc(I)c1. The molecule has 0 aliphatic rings. The molecule has 0 radical (unpaired) electrons. The molecule has 2 nitrogen and oxygen atoms in total. The summed E-state index contributed by atoms with van der Waals surface area (Å²) in [6, 6.07) is 6.77. The molecule has 1 aromatic carbocycles. The van der Waals surface area contributed by atoms with Gasteiger partial charge in [-0.3, -0.25) is 0 Å². The predicted molar refractivity (Wildman–Crippen MR) is 60.4 cm³/mol. The van der Waals surface area contributed by atoms with Crippen LogP contribution in [0, 0.1) is 9.52 Å². The van der Waals surface area contributed by atoms with E-state index >= 15 is 0 Å². The van der Waals surface area contributed by atoms with Gasteiger partial charge in [0.15, 0.2) is 0 Å². The summed E-state index contributed by atoms with van der Waals surface area (Å²) in [5, 5.41) is 0. The summed E-state index contributed by atoms with van der Waals surface area (Å²) in [5.74, 6) is -0.170. The Morgan fingerprint density at radius 2 is 2.14 bits per heavy atom. The third-order valence-electron chi connectivity index (χ3n) is 1.91. The van der Waals surface area contributed by atoms with Crippen molar-refractivity contribution in [1.29, 1.82) is 0 Å². The van der Waals surface area contributed by atoms with Crippen LogP contribution < -0.4 is 0 Å². The Labute approximate surface area is 94.9 Å². The fourth-order valence-corrected chi connectivity index (χ4v) is 1.72. The number of halogens is 2. The fraction of sp³-hybridized carbons (Fsp3) is 0.100. The van der Waals surface area contributed by atoms with E-state index in [1.807, 2.05) is 16.8 Å². The van der Waals surface area contributed by atoms with Crippen molar-refractivity contribution < 1.29 is 4.39 Å². The quantitative estimate of drug-likeness (QED) is 0.780. The van der Waals surface area contributed by atoms with Crippen LogP contribution in [0.15, 0.2) is 36.8 Å². The van der Waals surface area contributed by atoms with Crippen LogP contribution in [0.4, 0.5) is 4.39 Å². The lowest BCUT2D eigenvalue weighted by Crippen LogP contribution is -1.98. The van der Waals surface area contributed by atoms with Crippen LogP contribution in [0.5, 0.6) is 0 Å². The predicted octanol–water partition coefficient (Wildman–Crippen LogP) is 2.68. The Morgan fingerprint density at radius 3 is 2.79 bits per heavy atom. The molecular weight excluding hydrogens is 294 g/mol. The van der Waals surface area contributed by atoms with Crippen LogP contribution in [0.25, 0.3) is 0 Å². The zero-order valence-corrected chi connectivity index (χ0v) is 9.48. The topological polar surface area (TPSA) is 17.8 Å². The zero-order chi connectivity index (χ0) is 9.97. The molecule has 0 atom stereocenters. The third kappa shape index (κ3) is 2.12. The largest absolute Gasteiger partial charge is 0.332 e. The van der Waals surface area contributed by atoms with Gasteiger partial charge in [-0.1, -0.05) is 18.2 Å². The first kappa shape index (κ1) is 9.64. The molecule has 1 aromatic heterocycles. The molecule has 0 amide bonds. The lowest BCUT2D eigenvalue weighted by Gasteiger charge is -2.02. The summed E-state index contributed by atoms with van der Waals surface area (Å²) in [6.07, 6.45) is 3.58. The molecule has 0 fully saturated rings. The van der Waals surface area contributed by atoms with E-state index in [1.165, 1.54) is 6.07 Å². The first-order valence-corrected chi connectivity index (χ1v) is 5.24. The molecule has 14 heavy (non-hydrogen) atoms. The van der Waals surface area contributed by atoms with Gasteiger partial charge in [0.2, 0.25) is 0 Å². The molecule has 72 valence electrons. The Balaban J connectivity index is 2.23. The highest BCUT2D eigenvalue weighted by molar-refractivity contribution is 14.1. The molecule has 2 rings (SSSR count). The highest BCUT2D eigenvalue weighted by atomic mass is 127. The zero-order valence-electron chi connectivity index (χ0n) is 7.32. The van der Waals surface area contributed by atoms with Crippen molar-refractivity contribution in [3.05, 3.63) is 51.9 Å². The Hall–Kier alpha value is -0.910. The van der Waals surface area contributed by atoms with Gasteiger partial charge in [-0.15, -0.1) is 0 Å². The molecule has 0 bridgehead atoms. The molecule has 0 saturated heterocycles. The standard InChI is InChI=1S/C10H8FIN2/c11-9-4-2-1-3-8(9)5-14-6-10(12)13-7-14/h1-4,6-7H,5H2. The summed E-state index contributed by atoms with van der Waals surface area (Å²) in [4.78, 5) is 4.07. The maximum Gasteiger partial charge on any atom is 0.128 e. The molecule has 0 unspecified atom stereocenters. The highest BCUT2D eigenvalue weighted by Gasteiger charge is 2.01. The Morgan fingerprint density at radius 1 is 1.36 bits per heavy atom. The second-order valence-corrected chi connectivity index (χ2v) is 4.07. The molecule has 0 spiro atoms. The van der Waals surface area contributed by atoms with Crippen LogP contribution in [0.3, 0.4) is 0 Å². The minimum absolute atomic E-state index is 0.170. The summed E-state index contributed by atoms with van der Waals surface area (Å²) in [6.45, 7) is 0.530. The number of hydrogen-bond donors (Lipinski definition) is 0. The fourth-order valence-electron chi connectivity index (χ4n) is 1.24. The molecule has 0 aliphatic heterocycles. The van der Waals surface area contributed by atoms with Gasteiger partial charge in [-0.2, -0.15) is 0 Å². The van der Waals surface area contributed by atoms with E-state index in [9.17, 15) is 4.39 Å². The molecule has 4 heteroatoms. The highest BCUT2D eigenvalue weighted by Crippen LogP contribution is 2.09. The average Bonchev–Trinajstić information content (AvgIpc) is 2.56. The summed E-state index contributed by atoms with van der Waals surface area (Å²) >= 11 is 2.13. The van der Waals surface area contributed by atoms with Crippen molar-refractivity contribution in [2.45, 2.75) is 6.54 Å². The number of aromatic nitrogens is 2. The van der Waals surface area contributed by atoms with Gasteiger partial charge < -0.3 is 4.57 Å². The normalized spacial score (nSPS) is 10.4. The summed E-state index contributed by atoms with van der Waals surface area (Å²) in [7, 11) is 0. The van der Waals surface area contributed by atoms with E-state index in [2.05, 4.69) is 27.6 Å². The van der Waals surface area contributed by atoms with Gasteiger partial charge in [-0.05, 0) is 28.7 Å². The Bertz CT molecular complexity index is 439. The lowest BCUT2D eigenvalue weighted by molar-refractivity contribution is 0.599. The maximum absolute atomic E-state index is 13.2. The smallest absolute Gasteiger partial charge is 0.128 e. The van der Waals surface area contributed by atoms with E-state index in [0.29, 0.717) is 12.1 Å². The summed E-state index contributed by atoms with van der Waals surface area (Å²) < 4.78 is 16.0.